The van der Waals surface area contributed by atoms with Crippen molar-refractivity contribution >= 4 is 5.97 Å². The molecule has 0 heterocycles. The highest BCUT2D eigenvalue weighted by molar-refractivity contribution is 5.75. The average Bonchev–Trinajstić information content (AvgIpc) is 2.70. The number of hydrogen-bond acceptors (Lipinski definition) is 3. The van der Waals surface area contributed by atoms with Crippen LogP contribution in [0.25, 0.3) is 0 Å². The first-order valence-electron chi connectivity index (χ1n) is 10.6. The molecule has 0 unspecified atom stereocenters. The van der Waals surface area contributed by atoms with Crippen LogP contribution in [0.4, 0.5) is 0 Å². The molecule has 0 aliphatic heterocycles. The molecule has 0 N–H and O–H groups in total. The van der Waals surface area contributed by atoms with E-state index in [-0.39, 0.29) is 11.9 Å². The molecule has 1 aromatic rings. The summed E-state index contributed by atoms with van der Waals surface area (Å²) in [6.45, 7) is 2.23. The van der Waals surface area contributed by atoms with Gasteiger partial charge in [-0.2, -0.15) is 5.26 Å². The lowest BCUT2D eigenvalue weighted by Crippen LogP contribution is -2.25. The number of unbranched alkanes of at least 4 members (excludes halogenated alkanes) is 3. The molecule has 1 saturated carbocycles. The fourth-order valence-corrected chi connectivity index (χ4v) is 3.83. The van der Waals surface area contributed by atoms with Crippen LogP contribution < -0.4 is 4.74 Å². The van der Waals surface area contributed by atoms with Crippen molar-refractivity contribution in [2.24, 2.45) is 11.8 Å². The van der Waals surface area contributed by atoms with Crippen molar-refractivity contribution in [1.29, 1.82) is 5.26 Å². The van der Waals surface area contributed by atoms with E-state index in [1.54, 1.807) is 6.08 Å². The van der Waals surface area contributed by atoms with Crippen LogP contribution in [-0.2, 0) is 11.2 Å². The number of benzene rings is 1. The molecule has 3 heteroatoms. The van der Waals surface area contributed by atoms with E-state index in [0.717, 1.165) is 44.9 Å². The number of rotatable bonds is 10. The second kappa shape index (κ2) is 12.3. The molecule has 146 valence electrons. The molecular formula is C24H33NO2. The zero-order chi connectivity index (χ0) is 19.3. The fraction of sp³-hybridized carbons (Fsp3) is 0.583. The third kappa shape index (κ3) is 7.99. The number of allylic oxidation sites excluding steroid dienone is 2. The Hall–Kier alpha value is -2.08. The monoisotopic (exact) mass is 367 g/mol. The van der Waals surface area contributed by atoms with Gasteiger partial charge in [0.15, 0.2) is 0 Å². The highest BCUT2D eigenvalue weighted by Gasteiger charge is 2.27. The molecule has 0 bridgehead atoms. The molecule has 0 saturated heterocycles. The maximum Gasteiger partial charge on any atom is 0.314 e. The third-order valence-electron chi connectivity index (χ3n) is 5.57. The molecule has 0 spiro atoms. The van der Waals surface area contributed by atoms with E-state index in [9.17, 15) is 4.79 Å². The zero-order valence-corrected chi connectivity index (χ0v) is 16.7. The number of ether oxygens (including phenoxy) is 1. The molecular weight excluding hydrogens is 334 g/mol. The second-order valence-electron chi connectivity index (χ2n) is 7.70. The van der Waals surface area contributed by atoms with Gasteiger partial charge in [-0.25, -0.2) is 0 Å². The first kappa shape index (κ1) is 21.2. The van der Waals surface area contributed by atoms with E-state index in [1.807, 2.05) is 24.3 Å². The molecule has 0 aromatic heterocycles. The topological polar surface area (TPSA) is 50.1 Å². The number of esters is 1. The summed E-state index contributed by atoms with van der Waals surface area (Å²) >= 11 is 0. The lowest BCUT2D eigenvalue weighted by Gasteiger charge is -2.26. The zero-order valence-electron chi connectivity index (χ0n) is 16.7. The Morgan fingerprint density at radius 3 is 2.56 bits per heavy atom. The molecule has 1 aromatic carbocycles. The second-order valence-corrected chi connectivity index (χ2v) is 7.70. The molecule has 1 fully saturated rings. The minimum Gasteiger partial charge on any atom is -0.426 e. The number of hydrogen-bond donors (Lipinski definition) is 0. The van der Waals surface area contributed by atoms with E-state index in [4.69, 9.17) is 10.00 Å². The highest BCUT2D eigenvalue weighted by Crippen LogP contribution is 2.32. The molecule has 27 heavy (non-hydrogen) atoms. The first-order chi connectivity index (χ1) is 13.2. The number of aryl methyl sites for hydroxylation is 1. The van der Waals surface area contributed by atoms with E-state index in [1.165, 1.54) is 31.2 Å². The summed E-state index contributed by atoms with van der Waals surface area (Å²) in [7, 11) is 0. The minimum atomic E-state index is -0.0754. The summed E-state index contributed by atoms with van der Waals surface area (Å²) in [5.74, 6) is 1.30. The van der Waals surface area contributed by atoms with Crippen LogP contribution in [0.1, 0.15) is 76.7 Å². The van der Waals surface area contributed by atoms with E-state index < -0.39 is 0 Å². The summed E-state index contributed by atoms with van der Waals surface area (Å²) in [6, 6.07) is 10.1. The largest absolute Gasteiger partial charge is 0.426 e. The van der Waals surface area contributed by atoms with Crippen molar-refractivity contribution in [3.8, 4) is 11.8 Å². The smallest absolute Gasteiger partial charge is 0.314 e. The molecule has 3 nitrogen and oxygen atoms in total. The van der Waals surface area contributed by atoms with Crippen LogP contribution in [0.3, 0.4) is 0 Å². The quantitative estimate of drug-likeness (QED) is 0.209. The molecule has 0 radical (unpaired) electrons. The van der Waals surface area contributed by atoms with Crippen LogP contribution in [0, 0.1) is 23.2 Å². The lowest BCUT2D eigenvalue weighted by molar-refractivity contribution is -0.140. The SMILES string of the molecule is CCCCCCc1ccc(OC(=O)[C@H]2CC[C@H](CCC=CC#N)CC2)cc1. The highest BCUT2D eigenvalue weighted by atomic mass is 16.5. The Kier molecular flexibility index (Phi) is 9.69. The molecule has 2 rings (SSSR count). The van der Waals surface area contributed by atoms with E-state index >= 15 is 0 Å². The summed E-state index contributed by atoms with van der Waals surface area (Å²) < 4.78 is 5.61. The molecule has 0 atom stereocenters. The summed E-state index contributed by atoms with van der Waals surface area (Å²) in [4.78, 5) is 12.4. The van der Waals surface area contributed by atoms with Crippen molar-refractivity contribution in [1.82, 2.24) is 0 Å². The Balaban J connectivity index is 1.69. The fourth-order valence-electron chi connectivity index (χ4n) is 3.83. The number of carbonyl (C=O) groups is 1. The number of nitrogens with zero attached hydrogens (tertiary/aromatic N) is 1. The minimum absolute atomic E-state index is 0.0321. The Morgan fingerprint density at radius 1 is 1.15 bits per heavy atom. The van der Waals surface area contributed by atoms with Crippen LogP contribution >= 0.6 is 0 Å². The van der Waals surface area contributed by atoms with Crippen molar-refractivity contribution in [2.75, 3.05) is 0 Å². The van der Waals surface area contributed by atoms with Gasteiger partial charge in [-0.3, -0.25) is 4.79 Å². The molecule has 1 aliphatic rings. The predicted molar refractivity (Wildman–Crippen MR) is 109 cm³/mol. The van der Waals surface area contributed by atoms with Gasteiger partial charge in [0.25, 0.3) is 0 Å². The van der Waals surface area contributed by atoms with Crippen molar-refractivity contribution in [2.45, 2.75) is 77.6 Å². The van der Waals surface area contributed by atoms with Crippen LogP contribution in [0.15, 0.2) is 36.4 Å². The Morgan fingerprint density at radius 2 is 1.89 bits per heavy atom. The van der Waals surface area contributed by atoms with Gasteiger partial charge in [-0.1, -0.05) is 44.4 Å². The molecule has 0 amide bonds. The van der Waals surface area contributed by atoms with Gasteiger partial charge in [0.2, 0.25) is 0 Å². The first-order valence-corrected chi connectivity index (χ1v) is 10.6. The van der Waals surface area contributed by atoms with Gasteiger partial charge in [-0.15, -0.1) is 0 Å². The van der Waals surface area contributed by atoms with Gasteiger partial charge >= 0.3 is 5.97 Å². The van der Waals surface area contributed by atoms with Gasteiger partial charge in [0.1, 0.15) is 5.75 Å². The summed E-state index contributed by atoms with van der Waals surface area (Å²) in [5, 5.41) is 8.50. The van der Waals surface area contributed by atoms with E-state index in [2.05, 4.69) is 19.1 Å². The Labute approximate surface area is 164 Å². The van der Waals surface area contributed by atoms with Gasteiger partial charge in [0.05, 0.1) is 12.0 Å². The summed E-state index contributed by atoms with van der Waals surface area (Å²) in [6.07, 6.45) is 15.7. The average molecular weight is 368 g/mol. The normalized spacial score (nSPS) is 19.7. The van der Waals surface area contributed by atoms with E-state index in [0.29, 0.717) is 11.7 Å². The van der Waals surface area contributed by atoms with Gasteiger partial charge in [0, 0.05) is 6.08 Å². The predicted octanol–water partition coefficient (Wildman–Crippen LogP) is 6.38. The maximum absolute atomic E-state index is 12.4. The summed E-state index contributed by atoms with van der Waals surface area (Å²) in [5.41, 5.74) is 1.32. The van der Waals surface area contributed by atoms with Gasteiger partial charge < -0.3 is 4.74 Å². The third-order valence-corrected chi connectivity index (χ3v) is 5.57. The Bertz CT molecular complexity index is 619. The van der Waals surface area contributed by atoms with Crippen LogP contribution in [-0.4, -0.2) is 5.97 Å². The lowest BCUT2D eigenvalue weighted by atomic mass is 9.80. The standard InChI is InChI=1S/C24H33NO2/c1-2-3-4-6-9-21-13-17-23(18-14-21)27-24(26)22-15-11-20(12-16-22)10-7-5-8-19-25/h5,8,13-14,17-18,20,22H,2-4,6-7,9-12,15-16H2,1H3/t20-,22-. The van der Waals surface area contributed by atoms with Crippen molar-refractivity contribution < 1.29 is 9.53 Å². The molecule has 1 aliphatic carbocycles. The van der Waals surface area contributed by atoms with Crippen LogP contribution in [0.2, 0.25) is 0 Å². The number of nitriles is 1. The maximum atomic E-state index is 12.4. The number of carbonyl (C=O) groups excluding carboxylic acids is 1. The van der Waals surface area contributed by atoms with Crippen LogP contribution in [0.5, 0.6) is 5.75 Å². The van der Waals surface area contributed by atoms with Crippen molar-refractivity contribution in [3.63, 3.8) is 0 Å². The van der Waals surface area contributed by atoms with Crippen molar-refractivity contribution in [3.05, 3.63) is 42.0 Å². The van der Waals surface area contributed by atoms with Gasteiger partial charge in [-0.05, 0) is 75.0 Å².